The van der Waals surface area contributed by atoms with Crippen molar-refractivity contribution in [2.45, 2.75) is 12.8 Å². The molecule has 1 aliphatic rings. The van der Waals surface area contributed by atoms with E-state index in [-0.39, 0.29) is 5.91 Å². The molecule has 0 aromatic carbocycles. The summed E-state index contributed by atoms with van der Waals surface area (Å²) in [5.74, 6) is -0.651. The van der Waals surface area contributed by atoms with Crippen LogP contribution >= 0.6 is 0 Å². The topological polar surface area (TPSA) is 55.8 Å². The lowest BCUT2D eigenvalue weighted by Gasteiger charge is -2.34. The van der Waals surface area contributed by atoms with Gasteiger partial charge < -0.3 is 14.4 Å². The first-order chi connectivity index (χ1) is 7.04. The molecule has 0 atom stereocenters. The molecule has 5 heteroatoms. The maximum atomic E-state index is 12.0. The fraction of sp³-hybridized carbons (Fsp3) is 0.800. The van der Waals surface area contributed by atoms with E-state index >= 15 is 0 Å². The van der Waals surface area contributed by atoms with Gasteiger partial charge in [0.15, 0.2) is 5.41 Å². The molecule has 0 N–H and O–H groups in total. The van der Waals surface area contributed by atoms with Crippen molar-refractivity contribution in [3.05, 3.63) is 0 Å². The fourth-order valence-corrected chi connectivity index (χ4v) is 1.85. The van der Waals surface area contributed by atoms with Gasteiger partial charge in [0.1, 0.15) is 0 Å². The summed E-state index contributed by atoms with van der Waals surface area (Å²) in [5.41, 5.74) is -1.03. The minimum Gasteiger partial charge on any atom is -0.468 e. The van der Waals surface area contributed by atoms with E-state index in [9.17, 15) is 9.59 Å². The summed E-state index contributed by atoms with van der Waals surface area (Å²) < 4.78 is 9.89. The molecule has 0 bridgehead atoms. The van der Waals surface area contributed by atoms with Crippen LogP contribution in [-0.4, -0.2) is 51.2 Å². The highest BCUT2D eigenvalue weighted by Crippen LogP contribution is 2.33. The zero-order valence-corrected chi connectivity index (χ0v) is 9.41. The van der Waals surface area contributed by atoms with Crippen LogP contribution in [-0.2, 0) is 19.1 Å². The van der Waals surface area contributed by atoms with Crippen molar-refractivity contribution >= 4 is 11.9 Å². The summed E-state index contributed by atoms with van der Waals surface area (Å²) in [7, 11) is 4.59. The van der Waals surface area contributed by atoms with E-state index < -0.39 is 11.4 Å². The van der Waals surface area contributed by atoms with E-state index in [4.69, 9.17) is 9.47 Å². The molecule has 0 saturated carbocycles. The van der Waals surface area contributed by atoms with Crippen LogP contribution in [0.2, 0.25) is 0 Å². The summed E-state index contributed by atoms with van der Waals surface area (Å²) in [6.07, 6.45) is 0.799. The predicted molar refractivity (Wildman–Crippen MR) is 53.2 cm³/mol. The number of methoxy groups -OCH3 is 1. The molecular formula is C10H17NO4. The Balaban J connectivity index is 2.94. The molecule has 1 rings (SSSR count). The molecule has 0 aromatic heterocycles. The van der Waals surface area contributed by atoms with Gasteiger partial charge in [-0.2, -0.15) is 0 Å². The summed E-state index contributed by atoms with van der Waals surface area (Å²) in [6.45, 7) is 0.851. The highest BCUT2D eigenvalue weighted by atomic mass is 16.5. The molecule has 1 amide bonds. The Labute approximate surface area is 89.3 Å². The minimum absolute atomic E-state index is 0.197. The van der Waals surface area contributed by atoms with Crippen LogP contribution in [0, 0.1) is 5.41 Å². The van der Waals surface area contributed by atoms with Gasteiger partial charge in [-0.3, -0.25) is 9.59 Å². The Morgan fingerprint density at radius 1 is 1.27 bits per heavy atom. The predicted octanol–water partition coefficient (Wildman–Crippen LogP) is 0.0444. The van der Waals surface area contributed by atoms with Gasteiger partial charge in [-0.1, -0.05) is 0 Å². The van der Waals surface area contributed by atoms with E-state index in [2.05, 4.69) is 0 Å². The average Bonchev–Trinajstić information content (AvgIpc) is 2.27. The molecule has 0 aliphatic carbocycles. The van der Waals surface area contributed by atoms with Crippen LogP contribution in [0.15, 0.2) is 0 Å². The number of rotatable bonds is 2. The van der Waals surface area contributed by atoms with Gasteiger partial charge in [0.2, 0.25) is 5.91 Å². The smallest absolute Gasteiger partial charge is 0.321 e. The van der Waals surface area contributed by atoms with E-state index in [1.165, 1.54) is 12.0 Å². The normalized spacial score (nSPS) is 19.4. The summed E-state index contributed by atoms with van der Waals surface area (Å²) in [5, 5.41) is 0. The van der Waals surface area contributed by atoms with Crippen LogP contribution in [0.4, 0.5) is 0 Å². The fourth-order valence-electron chi connectivity index (χ4n) is 1.85. The maximum Gasteiger partial charge on any atom is 0.321 e. The van der Waals surface area contributed by atoms with E-state index in [1.807, 2.05) is 0 Å². The highest BCUT2D eigenvalue weighted by molar-refractivity contribution is 6.02. The molecule has 1 heterocycles. The third kappa shape index (κ3) is 2.12. The van der Waals surface area contributed by atoms with Crippen molar-refractivity contribution in [1.29, 1.82) is 0 Å². The lowest BCUT2D eigenvalue weighted by molar-refractivity contribution is -0.169. The molecule has 86 valence electrons. The van der Waals surface area contributed by atoms with Crippen molar-refractivity contribution in [1.82, 2.24) is 4.90 Å². The third-order valence-corrected chi connectivity index (χ3v) is 2.74. The number of esters is 1. The highest BCUT2D eigenvalue weighted by Gasteiger charge is 2.48. The van der Waals surface area contributed by atoms with Crippen LogP contribution in [0.25, 0.3) is 0 Å². The Bertz CT molecular complexity index is 256. The second-order valence-electron chi connectivity index (χ2n) is 3.89. The lowest BCUT2D eigenvalue weighted by atomic mass is 9.79. The van der Waals surface area contributed by atoms with Crippen molar-refractivity contribution in [2.75, 3.05) is 34.4 Å². The molecule has 0 aromatic rings. The van der Waals surface area contributed by atoms with Crippen LogP contribution in [0.1, 0.15) is 12.8 Å². The van der Waals surface area contributed by atoms with Gasteiger partial charge in [-0.05, 0) is 12.8 Å². The molecule has 0 radical (unpaired) electrons. The Hall–Kier alpha value is -1.10. The molecular weight excluding hydrogens is 198 g/mol. The molecule has 1 aliphatic heterocycles. The minimum atomic E-state index is -1.03. The number of hydrogen-bond acceptors (Lipinski definition) is 4. The third-order valence-electron chi connectivity index (χ3n) is 2.74. The van der Waals surface area contributed by atoms with Crippen molar-refractivity contribution < 1.29 is 19.1 Å². The zero-order valence-electron chi connectivity index (χ0n) is 9.41. The Morgan fingerprint density at radius 3 is 2.20 bits per heavy atom. The molecule has 0 unspecified atom stereocenters. The van der Waals surface area contributed by atoms with Crippen molar-refractivity contribution in [3.8, 4) is 0 Å². The molecule has 15 heavy (non-hydrogen) atoms. The second kappa shape index (κ2) is 4.61. The van der Waals surface area contributed by atoms with Crippen LogP contribution in [0.3, 0.4) is 0 Å². The standard InChI is InChI=1S/C10H17NO4/c1-11(2)8(12)10(9(13)14-3)4-6-15-7-5-10/h4-7H2,1-3H3. The number of carbonyl (C=O) groups excluding carboxylic acids is 2. The largest absolute Gasteiger partial charge is 0.468 e. The summed E-state index contributed by atoms with van der Waals surface area (Å²) >= 11 is 0. The first-order valence-electron chi connectivity index (χ1n) is 4.92. The molecule has 1 fully saturated rings. The summed E-state index contributed by atoms with van der Waals surface area (Å²) in [6, 6.07) is 0. The van der Waals surface area contributed by atoms with Gasteiger partial charge >= 0.3 is 5.97 Å². The Morgan fingerprint density at radius 2 is 1.80 bits per heavy atom. The van der Waals surface area contributed by atoms with E-state index in [0.717, 1.165) is 0 Å². The Kier molecular flexibility index (Phi) is 3.68. The van der Waals surface area contributed by atoms with Gasteiger partial charge in [0, 0.05) is 27.3 Å². The average molecular weight is 215 g/mol. The van der Waals surface area contributed by atoms with Gasteiger partial charge in [0.25, 0.3) is 0 Å². The first-order valence-corrected chi connectivity index (χ1v) is 4.92. The SMILES string of the molecule is COC(=O)C1(C(=O)N(C)C)CCOCC1. The zero-order chi connectivity index (χ0) is 11.5. The van der Waals surface area contributed by atoms with Gasteiger partial charge in [-0.25, -0.2) is 0 Å². The van der Waals surface area contributed by atoms with Crippen molar-refractivity contribution in [3.63, 3.8) is 0 Å². The maximum absolute atomic E-state index is 12.0. The van der Waals surface area contributed by atoms with E-state index in [0.29, 0.717) is 26.1 Å². The van der Waals surface area contributed by atoms with Gasteiger partial charge in [0.05, 0.1) is 7.11 Å². The quantitative estimate of drug-likeness (QED) is 0.482. The van der Waals surface area contributed by atoms with Gasteiger partial charge in [-0.15, -0.1) is 0 Å². The number of amides is 1. The van der Waals surface area contributed by atoms with Crippen LogP contribution < -0.4 is 0 Å². The number of carbonyl (C=O) groups is 2. The lowest BCUT2D eigenvalue weighted by Crippen LogP contribution is -2.49. The molecule has 5 nitrogen and oxygen atoms in total. The van der Waals surface area contributed by atoms with E-state index in [1.54, 1.807) is 14.1 Å². The summed E-state index contributed by atoms with van der Waals surface area (Å²) in [4.78, 5) is 25.1. The van der Waals surface area contributed by atoms with Crippen LogP contribution in [0.5, 0.6) is 0 Å². The second-order valence-corrected chi connectivity index (χ2v) is 3.89. The molecule has 0 spiro atoms. The number of hydrogen-bond donors (Lipinski definition) is 0. The number of nitrogens with zero attached hydrogens (tertiary/aromatic N) is 1. The first kappa shape index (κ1) is 12.0. The number of ether oxygens (including phenoxy) is 2. The van der Waals surface area contributed by atoms with Crippen molar-refractivity contribution in [2.24, 2.45) is 5.41 Å². The molecule has 1 saturated heterocycles. The monoisotopic (exact) mass is 215 g/mol.